The van der Waals surface area contributed by atoms with E-state index in [9.17, 15) is 0 Å². The smallest absolute Gasteiger partial charge is 0.00614 e. The summed E-state index contributed by atoms with van der Waals surface area (Å²) in [5.74, 6) is 0.420. The molecule has 0 aliphatic heterocycles. The first-order valence-corrected chi connectivity index (χ1v) is 17.3. The Labute approximate surface area is 297 Å². The van der Waals surface area contributed by atoms with Crippen molar-refractivity contribution in [2.75, 3.05) is 0 Å². The molecule has 0 fully saturated rings. The molecule has 1 aliphatic rings. The molecule has 1 unspecified atom stereocenters. The largest absolute Gasteiger partial charge is 0.164 e. The predicted octanol–water partition coefficient (Wildman–Crippen LogP) is 13.2. The van der Waals surface area contributed by atoms with Gasteiger partial charge in [0.1, 0.15) is 0 Å². The van der Waals surface area contributed by atoms with Crippen molar-refractivity contribution in [3.8, 4) is 0 Å². The van der Waals surface area contributed by atoms with E-state index in [-0.39, 0.29) is 58.3 Å². The first kappa shape index (κ1) is 38.1. The van der Waals surface area contributed by atoms with Gasteiger partial charge < -0.3 is 0 Å². The average molecular weight is 772 g/mol. The molecule has 0 N–H and O–H groups in total. The van der Waals surface area contributed by atoms with E-state index >= 15 is 0 Å². The molecule has 0 aromatic heterocycles. The van der Waals surface area contributed by atoms with Crippen molar-refractivity contribution >= 4 is 16.8 Å². The second kappa shape index (κ2) is 12.0. The second-order valence-electron chi connectivity index (χ2n) is 20.2. The first-order valence-electron chi connectivity index (χ1n) is 17.3. The van der Waals surface area contributed by atoms with Crippen molar-refractivity contribution in [3.63, 3.8) is 0 Å². The van der Waals surface area contributed by atoms with Crippen LogP contribution in [0.3, 0.4) is 0 Å². The molecule has 0 spiro atoms. The van der Waals surface area contributed by atoms with Gasteiger partial charge in [0.2, 0.25) is 0 Å². The topological polar surface area (TPSA) is 0 Å². The van der Waals surface area contributed by atoms with E-state index in [4.69, 9.17) is 0 Å². The van der Waals surface area contributed by atoms with Crippen LogP contribution >= 0.6 is 0 Å². The van der Waals surface area contributed by atoms with Crippen molar-refractivity contribution in [2.45, 2.75) is 170 Å². The molecule has 0 saturated carbocycles. The van der Waals surface area contributed by atoms with E-state index in [0.29, 0.717) is 5.92 Å². The number of aryl methyl sites for hydroxylation is 1. The second-order valence-corrected chi connectivity index (χ2v) is 20.2. The van der Waals surface area contributed by atoms with Crippen LogP contribution < -0.4 is 0 Å². The zero-order valence-electron chi connectivity index (χ0n) is 32.5. The molecular formula is C44H65Hf-. The van der Waals surface area contributed by atoms with E-state index in [0.717, 1.165) is 12.8 Å². The Hall–Kier alpha value is -1.34. The van der Waals surface area contributed by atoms with Crippen LogP contribution in [0.1, 0.15) is 181 Å². The van der Waals surface area contributed by atoms with Gasteiger partial charge in [-0.3, -0.25) is 0 Å². The van der Waals surface area contributed by atoms with Crippen LogP contribution in [0.15, 0.2) is 35.9 Å². The van der Waals surface area contributed by atoms with E-state index < -0.39 is 0 Å². The van der Waals surface area contributed by atoms with E-state index in [1.54, 1.807) is 16.7 Å². The fourth-order valence-corrected chi connectivity index (χ4v) is 7.88. The van der Waals surface area contributed by atoms with Crippen molar-refractivity contribution in [1.82, 2.24) is 0 Å². The maximum Gasteiger partial charge on any atom is 0.00614 e. The Kier molecular flexibility index (Phi) is 10.1. The minimum atomic E-state index is 0. The van der Waals surface area contributed by atoms with E-state index in [1.807, 2.05) is 0 Å². The zero-order valence-corrected chi connectivity index (χ0v) is 36.0. The first-order chi connectivity index (χ1) is 19.6. The van der Waals surface area contributed by atoms with Crippen molar-refractivity contribution < 1.29 is 25.8 Å². The Bertz CT molecular complexity index is 1580. The average Bonchev–Trinajstić information content (AvgIpc) is 3.38. The number of hydrogen-bond acceptors (Lipinski definition) is 0. The summed E-state index contributed by atoms with van der Waals surface area (Å²) < 4.78 is 0. The maximum absolute atomic E-state index is 2.61. The quantitative estimate of drug-likeness (QED) is 0.184. The molecule has 1 aliphatic carbocycles. The van der Waals surface area contributed by atoms with Gasteiger partial charge in [-0.1, -0.05) is 166 Å². The predicted molar refractivity (Wildman–Crippen MR) is 198 cm³/mol. The molecule has 246 valence electrons. The molecule has 45 heavy (non-hydrogen) atoms. The molecular weight excluding hydrogens is 707 g/mol. The van der Waals surface area contributed by atoms with Gasteiger partial charge >= 0.3 is 0 Å². The third-order valence-corrected chi connectivity index (χ3v) is 10.1. The van der Waals surface area contributed by atoms with Crippen LogP contribution in [0.25, 0.3) is 16.8 Å². The standard InChI is InChI=1S/C44H65.Hf/c1-39(2,3)31-21-23-33(41(7,8)9)37-27(35(25-29(31)37)43(13,14)15)19-20-28-36(44(16,17)18)26-30-32(40(4,5)6)22-24-34(38(28)30)42(10,11)12;/h21-27H,19-20H2,1-18H3;/q-1;. The summed E-state index contributed by atoms with van der Waals surface area (Å²) in [6.45, 7) is 43.2. The monoisotopic (exact) mass is 773 g/mol. The summed E-state index contributed by atoms with van der Waals surface area (Å²) >= 11 is 0. The van der Waals surface area contributed by atoms with E-state index in [2.05, 4.69) is 161 Å². The molecule has 1 atom stereocenters. The Balaban J connectivity index is 0.00000552. The minimum Gasteiger partial charge on any atom is -0.164 e. The van der Waals surface area contributed by atoms with Crippen LogP contribution in [0, 0.1) is 5.41 Å². The Morgan fingerprint density at radius 3 is 1.42 bits per heavy atom. The molecule has 1 heteroatoms. The number of fused-ring (bicyclic) bond motifs is 2. The molecule has 0 amide bonds. The van der Waals surface area contributed by atoms with Crippen LogP contribution in [-0.4, -0.2) is 0 Å². The number of allylic oxidation sites excluding steroid dienone is 1. The summed E-state index contributed by atoms with van der Waals surface area (Å²) in [4.78, 5) is 0. The summed E-state index contributed by atoms with van der Waals surface area (Å²) in [7, 11) is 0. The summed E-state index contributed by atoms with van der Waals surface area (Å²) in [5.41, 5.74) is 14.4. The van der Waals surface area contributed by atoms with Crippen molar-refractivity contribution in [2.24, 2.45) is 5.41 Å². The van der Waals surface area contributed by atoms with Gasteiger partial charge in [0.15, 0.2) is 0 Å². The van der Waals surface area contributed by atoms with Gasteiger partial charge in [0.25, 0.3) is 0 Å². The maximum atomic E-state index is 2.61. The zero-order chi connectivity index (χ0) is 33.6. The minimum absolute atomic E-state index is 0. The third-order valence-electron chi connectivity index (χ3n) is 10.1. The van der Waals surface area contributed by atoms with Gasteiger partial charge in [-0.15, -0.1) is 33.5 Å². The normalized spacial score (nSPS) is 16.6. The molecule has 3 aromatic rings. The van der Waals surface area contributed by atoms with Crippen LogP contribution in [0.4, 0.5) is 0 Å². The Morgan fingerprint density at radius 1 is 0.533 bits per heavy atom. The van der Waals surface area contributed by atoms with Gasteiger partial charge in [0, 0.05) is 31.8 Å². The summed E-state index contributed by atoms with van der Waals surface area (Å²) in [6.07, 6.45) is 4.84. The molecule has 0 nitrogen and oxygen atoms in total. The van der Waals surface area contributed by atoms with Crippen LogP contribution in [0.5, 0.6) is 0 Å². The van der Waals surface area contributed by atoms with Crippen molar-refractivity contribution in [1.29, 1.82) is 0 Å². The fourth-order valence-electron chi connectivity index (χ4n) is 7.88. The summed E-state index contributed by atoms with van der Waals surface area (Å²) in [6, 6.07) is 12.4. The van der Waals surface area contributed by atoms with Crippen LogP contribution in [0.2, 0.25) is 0 Å². The molecule has 0 radical (unpaired) electrons. The Morgan fingerprint density at radius 2 is 0.978 bits per heavy atom. The molecule has 0 saturated heterocycles. The van der Waals surface area contributed by atoms with Gasteiger partial charge in [-0.05, 0) is 61.2 Å². The van der Waals surface area contributed by atoms with Gasteiger partial charge in [0.05, 0.1) is 0 Å². The molecule has 4 rings (SSSR count). The molecule has 3 aromatic carbocycles. The van der Waals surface area contributed by atoms with E-state index in [1.165, 1.54) is 44.2 Å². The van der Waals surface area contributed by atoms with Gasteiger partial charge in [-0.25, -0.2) is 0 Å². The van der Waals surface area contributed by atoms with Crippen LogP contribution in [-0.2, 0) is 59.3 Å². The number of rotatable bonds is 3. The number of benzene rings is 2. The van der Waals surface area contributed by atoms with Gasteiger partial charge in [-0.2, -0.15) is 6.07 Å². The summed E-state index contributed by atoms with van der Waals surface area (Å²) in [5, 5.41) is 3.02. The fraction of sp³-hybridized carbons (Fsp3) is 0.614. The third kappa shape index (κ3) is 7.39. The molecule has 0 heterocycles. The molecule has 0 bridgehead atoms. The van der Waals surface area contributed by atoms with Crippen molar-refractivity contribution in [3.05, 3.63) is 80.4 Å². The SMILES string of the molecule is CC(C)(C)C1=Cc2c(C(C)(C)C)ccc(C(C)(C)C)c2C1CC[c-]1c(C(C)(C)C)cc2c(C(C)(C)C)ccc(C(C)(C)C)c21.[Hf]. The number of hydrogen-bond donors (Lipinski definition) is 0.